The van der Waals surface area contributed by atoms with Gasteiger partial charge in [0.25, 0.3) is 0 Å². The minimum absolute atomic E-state index is 0.118. The molecule has 2 nitrogen and oxygen atoms in total. The number of halogens is 1. The highest BCUT2D eigenvalue weighted by molar-refractivity contribution is 9.10. The van der Waals surface area contributed by atoms with Crippen LogP contribution in [0.3, 0.4) is 0 Å². The van der Waals surface area contributed by atoms with Gasteiger partial charge in [-0.2, -0.15) is 11.3 Å². The third-order valence-corrected chi connectivity index (χ3v) is 5.09. The molecule has 0 bridgehead atoms. The number of aliphatic hydroxyl groups is 1. The molecule has 1 saturated carbocycles. The number of ketones is 1. The van der Waals surface area contributed by atoms with Crippen molar-refractivity contribution in [3.05, 3.63) is 20.8 Å². The Labute approximate surface area is 108 Å². The van der Waals surface area contributed by atoms with E-state index in [4.69, 9.17) is 0 Å². The van der Waals surface area contributed by atoms with Gasteiger partial charge in [-0.15, -0.1) is 0 Å². The first-order chi connectivity index (χ1) is 7.53. The first-order valence-electron chi connectivity index (χ1n) is 5.52. The van der Waals surface area contributed by atoms with Gasteiger partial charge in [-0.25, -0.2) is 0 Å². The molecule has 4 heteroatoms. The summed E-state index contributed by atoms with van der Waals surface area (Å²) in [7, 11) is 0. The van der Waals surface area contributed by atoms with Crippen LogP contribution in [-0.4, -0.2) is 16.5 Å². The Bertz CT molecular complexity index is 391. The van der Waals surface area contributed by atoms with Crippen LogP contribution in [0.25, 0.3) is 0 Å². The molecule has 0 saturated heterocycles. The van der Waals surface area contributed by atoms with Gasteiger partial charge in [0.15, 0.2) is 5.78 Å². The molecule has 1 aromatic heterocycles. The number of rotatable bonds is 2. The van der Waals surface area contributed by atoms with Crippen LogP contribution in [-0.2, 0) is 0 Å². The van der Waals surface area contributed by atoms with Crippen LogP contribution < -0.4 is 0 Å². The van der Waals surface area contributed by atoms with E-state index in [1.807, 2.05) is 10.8 Å². The van der Waals surface area contributed by atoms with Crippen LogP contribution in [0.15, 0.2) is 15.2 Å². The third kappa shape index (κ3) is 2.24. The fourth-order valence-corrected chi connectivity index (χ4v) is 3.62. The van der Waals surface area contributed by atoms with Crippen LogP contribution in [0.4, 0.5) is 0 Å². The monoisotopic (exact) mass is 302 g/mol. The first kappa shape index (κ1) is 12.3. The number of carbonyl (C=O) groups is 1. The number of thiophene rings is 1. The fourth-order valence-electron chi connectivity index (χ4n) is 2.16. The summed E-state index contributed by atoms with van der Waals surface area (Å²) in [6.07, 6.45) is 3.05. The Hall–Kier alpha value is -0.190. The molecule has 0 aromatic carbocycles. The molecule has 2 rings (SSSR count). The maximum atomic E-state index is 12.2. The molecule has 0 radical (unpaired) electrons. The average molecular weight is 303 g/mol. The van der Waals surface area contributed by atoms with E-state index < -0.39 is 5.60 Å². The minimum Gasteiger partial charge on any atom is -0.382 e. The van der Waals surface area contributed by atoms with Crippen molar-refractivity contribution in [2.75, 3.05) is 0 Å². The van der Waals surface area contributed by atoms with E-state index in [9.17, 15) is 9.90 Å². The molecular weight excluding hydrogens is 288 g/mol. The molecule has 88 valence electrons. The Morgan fingerprint density at radius 3 is 2.62 bits per heavy atom. The van der Waals surface area contributed by atoms with Gasteiger partial charge in [-0.1, -0.05) is 6.92 Å². The highest BCUT2D eigenvalue weighted by Gasteiger charge is 2.40. The lowest BCUT2D eigenvalue weighted by molar-refractivity contribution is 0.00424. The van der Waals surface area contributed by atoms with Crippen LogP contribution in [0.1, 0.15) is 43.0 Å². The van der Waals surface area contributed by atoms with Gasteiger partial charge < -0.3 is 5.11 Å². The lowest BCUT2D eigenvalue weighted by Gasteiger charge is -2.33. The highest BCUT2D eigenvalue weighted by Crippen LogP contribution is 2.36. The lowest BCUT2D eigenvalue weighted by atomic mass is 9.76. The molecule has 1 aromatic rings. The van der Waals surface area contributed by atoms with Gasteiger partial charge in [0, 0.05) is 20.8 Å². The highest BCUT2D eigenvalue weighted by atomic mass is 79.9. The lowest BCUT2D eigenvalue weighted by Crippen LogP contribution is -2.41. The molecule has 0 amide bonds. The number of Topliss-reactive ketones (excluding diaryl/α,β-unsaturated/α-hetero) is 1. The SMILES string of the molecule is CC1CCC(O)(C(=O)c2cscc2Br)CC1. The molecule has 1 fully saturated rings. The second kappa shape index (κ2) is 4.59. The van der Waals surface area contributed by atoms with Gasteiger partial charge in [0.1, 0.15) is 5.60 Å². The van der Waals surface area contributed by atoms with E-state index in [2.05, 4.69) is 22.9 Å². The second-order valence-corrected chi connectivity index (χ2v) is 6.27. The van der Waals surface area contributed by atoms with E-state index in [0.717, 1.165) is 17.3 Å². The van der Waals surface area contributed by atoms with Crippen molar-refractivity contribution in [3.8, 4) is 0 Å². The predicted octanol–water partition coefficient (Wildman–Crippen LogP) is 3.63. The molecule has 0 unspecified atom stereocenters. The number of hydrogen-bond donors (Lipinski definition) is 1. The zero-order chi connectivity index (χ0) is 11.8. The summed E-state index contributed by atoms with van der Waals surface area (Å²) in [6, 6.07) is 0. The van der Waals surface area contributed by atoms with E-state index in [1.54, 1.807) is 0 Å². The third-order valence-electron chi connectivity index (χ3n) is 3.38. The van der Waals surface area contributed by atoms with Crippen LogP contribution in [0, 0.1) is 5.92 Å². The zero-order valence-corrected chi connectivity index (χ0v) is 11.6. The summed E-state index contributed by atoms with van der Waals surface area (Å²) in [5.74, 6) is 0.506. The molecular formula is C12H15BrO2S. The molecule has 1 N–H and O–H groups in total. The van der Waals surface area contributed by atoms with E-state index in [0.29, 0.717) is 24.3 Å². The van der Waals surface area contributed by atoms with Gasteiger partial charge in [0.2, 0.25) is 0 Å². The van der Waals surface area contributed by atoms with Gasteiger partial charge in [0.05, 0.1) is 0 Å². The molecule has 0 spiro atoms. The topological polar surface area (TPSA) is 37.3 Å². The second-order valence-electron chi connectivity index (χ2n) is 4.68. The van der Waals surface area contributed by atoms with Crippen molar-refractivity contribution >= 4 is 33.0 Å². The maximum Gasteiger partial charge on any atom is 0.196 e. The Kier molecular flexibility index (Phi) is 3.52. The Balaban J connectivity index is 2.19. The van der Waals surface area contributed by atoms with Crippen molar-refractivity contribution < 1.29 is 9.90 Å². The first-order valence-corrected chi connectivity index (χ1v) is 7.25. The largest absolute Gasteiger partial charge is 0.382 e. The summed E-state index contributed by atoms with van der Waals surface area (Å²) < 4.78 is 0.801. The molecule has 1 aliphatic rings. The summed E-state index contributed by atoms with van der Waals surface area (Å²) in [5.41, 5.74) is -0.502. The van der Waals surface area contributed by atoms with Gasteiger partial charge in [-0.05, 0) is 47.5 Å². The molecule has 0 aliphatic heterocycles. The normalized spacial score (nSPS) is 30.3. The van der Waals surface area contributed by atoms with Gasteiger partial charge in [-0.3, -0.25) is 4.79 Å². The standard InChI is InChI=1S/C12H15BrO2S/c1-8-2-4-12(15,5-3-8)11(14)9-6-16-7-10(9)13/h6-8,15H,2-5H2,1H3. The van der Waals surface area contributed by atoms with E-state index in [-0.39, 0.29) is 5.78 Å². The Morgan fingerprint density at radius 1 is 1.50 bits per heavy atom. The minimum atomic E-state index is -1.13. The average Bonchev–Trinajstić information content (AvgIpc) is 2.68. The summed E-state index contributed by atoms with van der Waals surface area (Å²) in [5, 5.41) is 14.1. The van der Waals surface area contributed by atoms with Crippen molar-refractivity contribution in [3.63, 3.8) is 0 Å². The smallest absolute Gasteiger partial charge is 0.196 e. The number of hydrogen-bond acceptors (Lipinski definition) is 3. The summed E-state index contributed by atoms with van der Waals surface area (Å²) in [6.45, 7) is 2.17. The van der Waals surface area contributed by atoms with Crippen LogP contribution in [0.2, 0.25) is 0 Å². The summed E-state index contributed by atoms with van der Waals surface area (Å²) in [4.78, 5) is 12.2. The van der Waals surface area contributed by atoms with Crippen molar-refractivity contribution in [2.45, 2.75) is 38.2 Å². The van der Waals surface area contributed by atoms with Crippen molar-refractivity contribution in [1.82, 2.24) is 0 Å². The maximum absolute atomic E-state index is 12.2. The quantitative estimate of drug-likeness (QED) is 0.847. The predicted molar refractivity (Wildman–Crippen MR) is 68.9 cm³/mol. The van der Waals surface area contributed by atoms with Crippen LogP contribution >= 0.6 is 27.3 Å². The molecule has 1 aliphatic carbocycles. The molecule has 16 heavy (non-hydrogen) atoms. The van der Waals surface area contributed by atoms with E-state index >= 15 is 0 Å². The van der Waals surface area contributed by atoms with Crippen molar-refractivity contribution in [2.24, 2.45) is 5.92 Å². The number of carbonyl (C=O) groups excluding carboxylic acids is 1. The molecule has 0 atom stereocenters. The fraction of sp³-hybridized carbons (Fsp3) is 0.583. The Morgan fingerprint density at radius 2 is 2.12 bits per heavy atom. The van der Waals surface area contributed by atoms with Crippen LogP contribution in [0.5, 0.6) is 0 Å². The summed E-state index contributed by atoms with van der Waals surface area (Å²) >= 11 is 4.83. The van der Waals surface area contributed by atoms with E-state index in [1.165, 1.54) is 11.3 Å². The zero-order valence-electron chi connectivity index (χ0n) is 9.20. The van der Waals surface area contributed by atoms with Gasteiger partial charge >= 0.3 is 0 Å². The molecule has 1 heterocycles. The van der Waals surface area contributed by atoms with Crippen molar-refractivity contribution in [1.29, 1.82) is 0 Å².